The number of rotatable bonds is 4. The van der Waals surface area contributed by atoms with E-state index in [1.54, 1.807) is 7.11 Å². The van der Waals surface area contributed by atoms with Gasteiger partial charge in [0.1, 0.15) is 5.75 Å². The third-order valence-electron chi connectivity index (χ3n) is 3.76. The molecule has 1 heterocycles. The summed E-state index contributed by atoms with van der Waals surface area (Å²) in [5.41, 5.74) is 1.23. The van der Waals surface area contributed by atoms with E-state index in [-0.39, 0.29) is 0 Å². The van der Waals surface area contributed by atoms with Gasteiger partial charge in [0.05, 0.1) is 7.11 Å². The van der Waals surface area contributed by atoms with Crippen molar-refractivity contribution in [2.75, 3.05) is 13.7 Å². The van der Waals surface area contributed by atoms with E-state index < -0.39 is 0 Å². The Bertz CT molecular complexity index is 383. The number of piperidine rings is 1. The second kappa shape index (κ2) is 6.60. The molecule has 0 aromatic heterocycles. The molecule has 1 aliphatic heterocycles. The van der Waals surface area contributed by atoms with Crippen molar-refractivity contribution in [1.29, 1.82) is 0 Å². The summed E-state index contributed by atoms with van der Waals surface area (Å²) >= 11 is 0. The first-order valence-electron chi connectivity index (χ1n) is 6.87. The SMILES string of the molecule is CCC1CCNC(/C=C/c2ccc(OC)cc2)C1. The van der Waals surface area contributed by atoms with Gasteiger partial charge < -0.3 is 10.1 Å². The van der Waals surface area contributed by atoms with Crippen molar-refractivity contribution in [2.24, 2.45) is 5.92 Å². The molecule has 0 amide bonds. The summed E-state index contributed by atoms with van der Waals surface area (Å²) < 4.78 is 5.16. The minimum Gasteiger partial charge on any atom is -0.497 e. The molecule has 0 bridgehead atoms. The van der Waals surface area contributed by atoms with Crippen LogP contribution in [0, 0.1) is 5.92 Å². The first-order chi connectivity index (χ1) is 8.81. The Labute approximate surface area is 110 Å². The minimum atomic E-state index is 0.533. The lowest BCUT2D eigenvalue weighted by Crippen LogP contribution is -2.36. The fourth-order valence-electron chi connectivity index (χ4n) is 2.49. The number of ether oxygens (including phenoxy) is 1. The van der Waals surface area contributed by atoms with Gasteiger partial charge in [-0.2, -0.15) is 0 Å². The molecule has 98 valence electrons. The van der Waals surface area contributed by atoms with Gasteiger partial charge in [-0.05, 0) is 43.0 Å². The zero-order valence-electron chi connectivity index (χ0n) is 11.4. The molecule has 0 radical (unpaired) electrons. The van der Waals surface area contributed by atoms with Crippen molar-refractivity contribution in [3.8, 4) is 5.75 Å². The van der Waals surface area contributed by atoms with E-state index in [4.69, 9.17) is 4.74 Å². The van der Waals surface area contributed by atoms with E-state index >= 15 is 0 Å². The molecule has 2 nitrogen and oxygen atoms in total. The molecule has 0 aliphatic carbocycles. The molecule has 1 aliphatic rings. The van der Waals surface area contributed by atoms with Crippen LogP contribution < -0.4 is 10.1 Å². The van der Waals surface area contributed by atoms with Crippen molar-refractivity contribution >= 4 is 6.08 Å². The van der Waals surface area contributed by atoms with Crippen molar-refractivity contribution in [1.82, 2.24) is 5.32 Å². The summed E-state index contributed by atoms with van der Waals surface area (Å²) in [5.74, 6) is 1.80. The van der Waals surface area contributed by atoms with Crippen LogP contribution in [0.3, 0.4) is 0 Å². The molecule has 1 aromatic rings. The summed E-state index contributed by atoms with van der Waals surface area (Å²) in [7, 11) is 1.70. The molecule has 1 saturated heterocycles. The third kappa shape index (κ3) is 3.61. The maximum atomic E-state index is 5.16. The summed E-state index contributed by atoms with van der Waals surface area (Å²) in [5, 5.41) is 3.56. The van der Waals surface area contributed by atoms with Crippen molar-refractivity contribution in [3.05, 3.63) is 35.9 Å². The molecule has 1 aromatic carbocycles. The topological polar surface area (TPSA) is 21.3 Å². The van der Waals surface area contributed by atoms with E-state index in [1.807, 2.05) is 12.1 Å². The lowest BCUT2D eigenvalue weighted by molar-refractivity contribution is 0.326. The lowest BCUT2D eigenvalue weighted by Gasteiger charge is -2.27. The van der Waals surface area contributed by atoms with E-state index in [0.717, 1.165) is 18.2 Å². The number of benzene rings is 1. The number of hydrogen-bond acceptors (Lipinski definition) is 2. The largest absolute Gasteiger partial charge is 0.497 e. The summed E-state index contributed by atoms with van der Waals surface area (Å²) in [6.07, 6.45) is 8.39. The molecule has 1 N–H and O–H groups in total. The number of nitrogens with one attached hydrogen (secondary N) is 1. The van der Waals surface area contributed by atoms with Crippen molar-refractivity contribution < 1.29 is 4.74 Å². The highest BCUT2D eigenvalue weighted by Gasteiger charge is 2.17. The van der Waals surface area contributed by atoms with E-state index in [2.05, 4.69) is 36.5 Å². The van der Waals surface area contributed by atoms with Gasteiger partial charge in [-0.25, -0.2) is 0 Å². The predicted octanol–water partition coefficient (Wildman–Crippen LogP) is 3.49. The fraction of sp³-hybridized carbons (Fsp3) is 0.500. The Kier molecular flexibility index (Phi) is 4.82. The minimum absolute atomic E-state index is 0.533. The first kappa shape index (κ1) is 13.2. The zero-order chi connectivity index (χ0) is 12.8. The average Bonchev–Trinajstić information content (AvgIpc) is 2.46. The van der Waals surface area contributed by atoms with Crippen LogP contribution in [0.1, 0.15) is 31.7 Å². The molecular weight excluding hydrogens is 222 g/mol. The molecule has 1 fully saturated rings. The Morgan fingerprint density at radius 3 is 2.78 bits per heavy atom. The smallest absolute Gasteiger partial charge is 0.118 e. The first-order valence-corrected chi connectivity index (χ1v) is 6.87. The molecule has 2 atom stereocenters. The van der Waals surface area contributed by atoms with Gasteiger partial charge >= 0.3 is 0 Å². The molecule has 0 saturated carbocycles. The van der Waals surface area contributed by atoms with Gasteiger partial charge in [0, 0.05) is 6.04 Å². The van der Waals surface area contributed by atoms with Crippen LogP contribution in [0.2, 0.25) is 0 Å². The quantitative estimate of drug-likeness (QED) is 0.876. The zero-order valence-corrected chi connectivity index (χ0v) is 11.4. The van der Waals surface area contributed by atoms with Gasteiger partial charge in [0.25, 0.3) is 0 Å². The Hall–Kier alpha value is -1.28. The Morgan fingerprint density at radius 2 is 2.11 bits per heavy atom. The normalized spacial score (nSPS) is 24.3. The van der Waals surface area contributed by atoms with Crippen LogP contribution in [-0.4, -0.2) is 19.7 Å². The predicted molar refractivity (Wildman–Crippen MR) is 76.8 cm³/mol. The number of methoxy groups -OCH3 is 1. The Morgan fingerprint density at radius 1 is 1.33 bits per heavy atom. The highest BCUT2D eigenvalue weighted by atomic mass is 16.5. The van der Waals surface area contributed by atoms with Crippen molar-refractivity contribution in [2.45, 2.75) is 32.2 Å². The standard InChI is InChI=1S/C16H23NO/c1-3-13-10-11-17-15(12-13)7-4-14-5-8-16(18-2)9-6-14/h4-9,13,15,17H,3,10-12H2,1-2H3/b7-4+. The van der Waals surface area contributed by atoms with Crippen LogP contribution in [0.4, 0.5) is 0 Å². The van der Waals surface area contributed by atoms with Crippen LogP contribution in [0.25, 0.3) is 6.08 Å². The molecular formula is C16H23NO. The van der Waals surface area contributed by atoms with Crippen LogP contribution in [0.5, 0.6) is 5.75 Å². The maximum absolute atomic E-state index is 5.16. The van der Waals surface area contributed by atoms with Crippen molar-refractivity contribution in [3.63, 3.8) is 0 Å². The lowest BCUT2D eigenvalue weighted by atomic mass is 9.90. The van der Waals surface area contributed by atoms with Gasteiger partial charge in [-0.3, -0.25) is 0 Å². The van der Waals surface area contributed by atoms with Gasteiger partial charge in [-0.1, -0.05) is 37.6 Å². The third-order valence-corrected chi connectivity index (χ3v) is 3.76. The van der Waals surface area contributed by atoms with Gasteiger partial charge in [-0.15, -0.1) is 0 Å². The summed E-state index contributed by atoms with van der Waals surface area (Å²) in [4.78, 5) is 0. The maximum Gasteiger partial charge on any atom is 0.118 e. The average molecular weight is 245 g/mol. The van der Waals surface area contributed by atoms with Crippen LogP contribution >= 0.6 is 0 Å². The van der Waals surface area contributed by atoms with E-state index in [1.165, 1.54) is 24.8 Å². The highest BCUT2D eigenvalue weighted by Crippen LogP contribution is 2.20. The monoisotopic (exact) mass is 245 g/mol. The van der Waals surface area contributed by atoms with Crippen LogP contribution in [0.15, 0.2) is 30.3 Å². The molecule has 18 heavy (non-hydrogen) atoms. The van der Waals surface area contributed by atoms with Crippen LogP contribution in [-0.2, 0) is 0 Å². The second-order valence-electron chi connectivity index (χ2n) is 4.99. The van der Waals surface area contributed by atoms with Gasteiger partial charge in [0.2, 0.25) is 0 Å². The molecule has 0 spiro atoms. The fourth-order valence-corrected chi connectivity index (χ4v) is 2.49. The summed E-state index contributed by atoms with van der Waals surface area (Å²) in [6, 6.07) is 8.72. The van der Waals surface area contributed by atoms with Gasteiger partial charge in [0.15, 0.2) is 0 Å². The summed E-state index contributed by atoms with van der Waals surface area (Å²) in [6.45, 7) is 3.44. The van der Waals surface area contributed by atoms with E-state index in [0.29, 0.717) is 6.04 Å². The Balaban J connectivity index is 1.92. The highest BCUT2D eigenvalue weighted by molar-refractivity contribution is 5.51. The second-order valence-corrected chi connectivity index (χ2v) is 4.99. The molecule has 2 heteroatoms. The van der Waals surface area contributed by atoms with E-state index in [9.17, 15) is 0 Å². The molecule has 2 rings (SSSR count). The number of hydrogen-bond donors (Lipinski definition) is 1. The molecule has 2 unspecified atom stereocenters.